The first-order valence-electron chi connectivity index (χ1n) is 5.96. The monoisotopic (exact) mass is 276 g/mol. The maximum atomic E-state index is 11.9. The molecule has 2 aromatic heterocycles. The molecule has 1 atom stereocenters. The second kappa shape index (κ2) is 6.45. The summed E-state index contributed by atoms with van der Waals surface area (Å²) in [6.07, 6.45) is 3.42. The molecule has 1 unspecified atom stereocenters. The predicted molar refractivity (Wildman–Crippen MR) is 74.9 cm³/mol. The number of nitrogens with zero attached hydrogens (tertiary/aromatic N) is 1. The minimum Gasteiger partial charge on any atom is -0.468 e. The van der Waals surface area contributed by atoms with Crippen LogP contribution in [0.3, 0.4) is 0 Å². The minimum atomic E-state index is -0.485. The van der Waals surface area contributed by atoms with Gasteiger partial charge in [0.1, 0.15) is 6.04 Å². The van der Waals surface area contributed by atoms with Crippen molar-refractivity contribution in [3.05, 3.63) is 52.0 Å². The van der Waals surface area contributed by atoms with Crippen molar-refractivity contribution < 1.29 is 9.53 Å². The maximum absolute atomic E-state index is 11.9. The lowest BCUT2D eigenvalue weighted by Crippen LogP contribution is -2.29. The molecule has 0 saturated carbocycles. The van der Waals surface area contributed by atoms with Gasteiger partial charge in [-0.15, -0.1) is 11.3 Å². The zero-order valence-electron chi connectivity index (χ0n) is 10.9. The van der Waals surface area contributed by atoms with Gasteiger partial charge in [-0.3, -0.25) is 10.3 Å². The second-order valence-electron chi connectivity index (χ2n) is 4.15. The van der Waals surface area contributed by atoms with Crippen molar-refractivity contribution in [2.24, 2.45) is 0 Å². The van der Waals surface area contributed by atoms with Gasteiger partial charge in [0, 0.05) is 29.4 Å². The van der Waals surface area contributed by atoms with Gasteiger partial charge >= 0.3 is 5.97 Å². The molecule has 0 aromatic carbocycles. The van der Waals surface area contributed by atoms with Crippen LogP contribution in [0.15, 0.2) is 36.0 Å². The fourth-order valence-electron chi connectivity index (χ4n) is 1.83. The number of nitrogens with one attached hydrogen (secondary N) is 1. The van der Waals surface area contributed by atoms with Crippen LogP contribution < -0.4 is 5.32 Å². The normalized spacial score (nSPS) is 12.1. The van der Waals surface area contributed by atoms with Crippen molar-refractivity contribution in [2.75, 3.05) is 7.11 Å². The van der Waals surface area contributed by atoms with Gasteiger partial charge in [-0.1, -0.05) is 6.07 Å². The Bertz CT molecular complexity index is 540. The van der Waals surface area contributed by atoms with E-state index in [1.54, 1.807) is 23.7 Å². The lowest BCUT2D eigenvalue weighted by atomic mass is 10.0. The maximum Gasteiger partial charge on any atom is 0.327 e. The molecule has 0 aliphatic rings. The Morgan fingerprint density at radius 3 is 3.00 bits per heavy atom. The summed E-state index contributed by atoms with van der Waals surface area (Å²) in [5, 5.41) is 5.24. The Hall–Kier alpha value is -1.72. The molecule has 0 spiro atoms. The number of aromatic nitrogens is 1. The first kappa shape index (κ1) is 13.7. The highest BCUT2D eigenvalue weighted by Crippen LogP contribution is 2.19. The Balaban J connectivity index is 2.17. The topological polar surface area (TPSA) is 51.2 Å². The van der Waals surface area contributed by atoms with Crippen molar-refractivity contribution in [1.82, 2.24) is 10.3 Å². The predicted octanol–water partition coefficient (Wildman–Crippen LogP) is 2.46. The number of methoxy groups -OCH3 is 1. The number of hydrogen-bond acceptors (Lipinski definition) is 5. The minimum absolute atomic E-state index is 0.298. The van der Waals surface area contributed by atoms with Crippen LogP contribution >= 0.6 is 11.3 Å². The quantitative estimate of drug-likeness (QED) is 0.852. The third kappa shape index (κ3) is 3.39. The summed E-state index contributed by atoms with van der Waals surface area (Å²) in [7, 11) is 1.40. The zero-order chi connectivity index (χ0) is 13.7. The van der Waals surface area contributed by atoms with Crippen molar-refractivity contribution in [3.8, 4) is 0 Å². The fourth-order valence-corrected chi connectivity index (χ4v) is 2.49. The Labute approximate surface area is 116 Å². The second-order valence-corrected chi connectivity index (χ2v) is 5.18. The van der Waals surface area contributed by atoms with Gasteiger partial charge < -0.3 is 4.74 Å². The van der Waals surface area contributed by atoms with Crippen LogP contribution in [0.2, 0.25) is 0 Å². The molecular weight excluding hydrogens is 260 g/mol. The van der Waals surface area contributed by atoms with Gasteiger partial charge in [-0.2, -0.15) is 0 Å². The summed E-state index contributed by atoms with van der Waals surface area (Å²) >= 11 is 1.65. The Morgan fingerprint density at radius 2 is 2.37 bits per heavy atom. The Morgan fingerprint density at radius 1 is 1.53 bits per heavy atom. The van der Waals surface area contributed by atoms with E-state index in [0.29, 0.717) is 6.54 Å². The molecule has 0 aliphatic heterocycles. The molecule has 4 nitrogen and oxygen atoms in total. The number of aryl methyl sites for hydroxylation is 1. The standard InChI is InChI=1S/C14H16N2O2S/c1-10-5-6-15-9-12(10)13(14(17)18-2)16-8-11-4-3-7-19-11/h3-7,9,13,16H,8H2,1-2H3. The average Bonchev–Trinajstić information content (AvgIpc) is 2.93. The van der Waals surface area contributed by atoms with Crippen molar-refractivity contribution in [1.29, 1.82) is 0 Å². The van der Waals surface area contributed by atoms with E-state index in [9.17, 15) is 4.79 Å². The molecule has 19 heavy (non-hydrogen) atoms. The van der Waals surface area contributed by atoms with E-state index in [-0.39, 0.29) is 5.97 Å². The molecule has 1 N–H and O–H groups in total. The summed E-state index contributed by atoms with van der Waals surface area (Å²) in [4.78, 5) is 17.2. The van der Waals surface area contributed by atoms with Crippen LogP contribution in [0.25, 0.3) is 0 Å². The van der Waals surface area contributed by atoms with Crippen LogP contribution in [-0.4, -0.2) is 18.1 Å². The summed E-state index contributed by atoms with van der Waals surface area (Å²) in [5.74, 6) is -0.298. The van der Waals surface area contributed by atoms with Gasteiger partial charge in [0.15, 0.2) is 0 Å². The zero-order valence-corrected chi connectivity index (χ0v) is 11.7. The van der Waals surface area contributed by atoms with E-state index in [1.807, 2.05) is 30.5 Å². The van der Waals surface area contributed by atoms with Gasteiger partial charge in [0.2, 0.25) is 0 Å². The lowest BCUT2D eigenvalue weighted by molar-refractivity contribution is -0.143. The number of esters is 1. The molecule has 2 heterocycles. The van der Waals surface area contributed by atoms with Crippen LogP contribution in [0.4, 0.5) is 0 Å². The van der Waals surface area contributed by atoms with E-state index >= 15 is 0 Å². The SMILES string of the molecule is COC(=O)C(NCc1cccs1)c1cnccc1C. The van der Waals surface area contributed by atoms with Gasteiger partial charge in [-0.25, -0.2) is 4.79 Å². The van der Waals surface area contributed by atoms with Crippen LogP contribution in [-0.2, 0) is 16.1 Å². The summed E-state index contributed by atoms with van der Waals surface area (Å²) in [6, 6.07) is 5.42. The van der Waals surface area contributed by atoms with E-state index in [4.69, 9.17) is 4.74 Å². The van der Waals surface area contributed by atoms with Crippen LogP contribution in [0, 0.1) is 6.92 Å². The summed E-state index contributed by atoms with van der Waals surface area (Å²) in [5.41, 5.74) is 1.87. The van der Waals surface area contributed by atoms with Gasteiger partial charge in [-0.05, 0) is 30.0 Å². The highest BCUT2D eigenvalue weighted by Gasteiger charge is 2.22. The molecule has 0 amide bonds. The molecule has 0 radical (unpaired) electrons. The van der Waals surface area contributed by atoms with Crippen molar-refractivity contribution in [2.45, 2.75) is 19.5 Å². The van der Waals surface area contributed by atoms with E-state index < -0.39 is 6.04 Å². The van der Waals surface area contributed by atoms with Crippen molar-refractivity contribution >= 4 is 17.3 Å². The fraction of sp³-hybridized carbons (Fsp3) is 0.286. The summed E-state index contributed by atoms with van der Waals surface area (Å²) in [6.45, 7) is 2.59. The number of hydrogen-bond donors (Lipinski definition) is 1. The molecule has 100 valence electrons. The van der Waals surface area contributed by atoms with Crippen molar-refractivity contribution in [3.63, 3.8) is 0 Å². The van der Waals surface area contributed by atoms with E-state index in [0.717, 1.165) is 11.1 Å². The van der Waals surface area contributed by atoms with Crippen LogP contribution in [0.5, 0.6) is 0 Å². The van der Waals surface area contributed by atoms with E-state index in [2.05, 4.69) is 10.3 Å². The highest BCUT2D eigenvalue weighted by molar-refractivity contribution is 7.09. The van der Waals surface area contributed by atoms with Gasteiger partial charge in [0.05, 0.1) is 7.11 Å². The Kier molecular flexibility index (Phi) is 4.65. The number of carbonyl (C=O) groups excluding carboxylic acids is 1. The molecule has 5 heteroatoms. The lowest BCUT2D eigenvalue weighted by Gasteiger charge is -2.17. The molecule has 2 rings (SSSR count). The molecule has 0 bridgehead atoms. The first-order chi connectivity index (χ1) is 9.22. The van der Waals surface area contributed by atoms with Gasteiger partial charge in [0.25, 0.3) is 0 Å². The van der Waals surface area contributed by atoms with Crippen LogP contribution in [0.1, 0.15) is 22.0 Å². The third-order valence-electron chi connectivity index (χ3n) is 2.89. The number of rotatable bonds is 5. The number of pyridine rings is 1. The molecule has 0 saturated heterocycles. The third-order valence-corrected chi connectivity index (χ3v) is 3.76. The highest BCUT2D eigenvalue weighted by atomic mass is 32.1. The largest absolute Gasteiger partial charge is 0.468 e. The number of ether oxygens (including phenoxy) is 1. The molecular formula is C14H16N2O2S. The molecule has 0 fully saturated rings. The summed E-state index contributed by atoms with van der Waals surface area (Å²) < 4.78 is 4.87. The average molecular weight is 276 g/mol. The molecule has 0 aliphatic carbocycles. The number of carbonyl (C=O) groups is 1. The molecule has 2 aromatic rings. The first-order valence-corrected chi connectivity index (χ1v) is 6.84. The smallest absolute Gasteiger partial charge is 0.327 e. The van der Waals surface area contributed by atoms with E-state index in [1.165, 1.54) is 12.0 Å². The number of thiophene rings is 1.